The molecule has 39 heavy (non-hydrogen) atoms. The zero-order valence-corrected chi connectivity index (χ0v) is 22.7. The van der Waals surface area contributed by atoms with E-state index in [1.807, 2.05) is 0 Å². The molecule has 0 spiro atoms. The third kappa shape index (κ3) is 5.80. The van der Waals surface area contributed by atoms with Crippen LogP contribution in [-0.4, -0.2) is 27.3 Å². The molecule has 5 heteroatoms. The number of methoxy groups -OCH3 is 2. The van der Waals surface area contributed by atoms with Gasteiger partial charge in [-0.1, -0.05) is 36.4 Å². The van der Waals surface area contributed by atoms with Crippen LogP contribution in [0.2, 0.25) is 0 Å². The molecule has 5 nitrogen and oxygen atoms in total. The number of benzene rings is 4. The van der Waals surface area contributed by atoms with Crippen LogP contribution in [0.3, 0.4) is 0 Å². The summed E-state index contributed by atoms with van der Waals surface area (Å²) < 4.78 is 17.0. The van der Waals surface area contributed by atoms with Gasteiger partial charge in [0.15, 0.2) is 0 Å². The van der Waals surface area contributed by atoms with Crippen molar-refractivity contribution in [3.8, 4) is 23.0 Å². The molecule has 0 fully saturated rings. The second-order valence-electron chi connectivity index (χ2n) is 10.4. The van der Waals surface area contributed by atoms with Gasteiger partial charge in [-0.15, -0.1) is 0 Å². The van der Waals surface area contributed by atoms with Crippen LogP contribution in [0.5, 0.6) is 23.0 Å². The summed E-state index contributed by atoms with van der Waals surface area (Å²) in [5, 5.41) is 7.36. The fourth-order valence-electron chi connectivity index (χ4n) is 5.87. The first-order valence-corrected chi connectivity index (χ1v) is 13.8. The average molecular weight is 521 g/mol. The Morgan fingerprint density at radius 3 is 1.38 bits per heavy atom. The molecule has 2 aliphatic rings. The van der Waals surface area contributed by atoms with Crippen LogP contribution in [0.4, 0.5) is 0 Å². The molecule has 4 aromatic carbocycles. The number of rotatable bonds is 8. The maximum absolute atomic E-state index is 6.17. The Kier molecular flexibility index (Phi) is 7.53. The topological polar surface area (TPSA) is 51.8 Å². The molecule has 0 amide bonds. The molecule has 2 heterocycles. The van der Waals surface area contributed by atoms with Crippen molar-refractivity contribution in [3.05, 3.63) is 118 Å². The molecule has 6 rings (SSSR count). The van der Waals surface area contributed by atoms with Crippen LogP contribution in [0.25, 0.3) is 0 Å². The smallest absolute Gasteiger partial charge is 0.127 e. The molecule has 0 saturated carbocycles. The second kappa shape index (κ2) is 11.5. The van der Waals surface area contributed by atoms with Crippen molar-refractivity contribution in [3.63, 3.8) is 0 Å². The van der Waals surface area contributed by atoms with E-state index in [0.717, 1.165) is 61.8 Å². The van der Waals surface area contributed by atoms with E-state index in [1.54, 1.807) is 14.2 Å². The van der Waals surface area contributed by atoms with E-state index in [2.05, 4.69) is 95.6 Å². The third-order valence-electron chi connectivity index (χ3n) is 7.98. The van der Waals surface area contributed by atoms with E-state index in [1.165, 1.54) is 33.4 Å². The maximum Gasteiger partial charge on any atom is 0.127 e. The molecule has 2 atom stereocenters. The molecule has 0 saturated heterocycles. The van der Waals surface area contributed by atoms with E-state index in [-0.39, 0.29) is 0 Å². The first-order chi connectivity index (χ1) is 19.2. The van der Waals surface area contributed by atoms with Crippen molar-refractivity contribution in [1.29, 1.82) is 0 Å². The summed E-state index contributed by atoms with van der Waals surface area (Å²) in [4.78, 5) is 0. The van der Waals surface area contributed by atoms with E-state index >= 15 is 0 Å². The largest absolute Gasteiger partial charge is 0.497 e. The Hall–Kier alpha value is -3.80. The fraction of sp³-hybridized carbons (Fsp3) is 0.294. The van der Waals surface area contributed by atoms with Crippen molar-refractivity contribution in [2.75, 3.05) is 27.3 Å². The van der Waals surface area contributed by atoms with Gasteiger partial charge in [0.25, 0.3) is 0 Å². The molecule has 0 aromatic heterocycles. The number of fused-ring (bicyclic) bond motifs is 2. The van der Waals surface area contributed by atoms with Crippen LogP contribution in [0, 0.1) is 0 Å². The van der Waals surface area contributed by atoms with Crippen LogP contribution in [-0.2, 0) is 25.7 Å². The fourth-order valence-corrected chi connectivity index (χ4v) is 5.87. The van der Waals surface area contributed by atoms with Gasteiger partial charge in [0.2, 0.25) is 0 Å². The zero-order valence-electron chi connectivity index (χ0n) is 22.7. The summed E-state index contributed by atoms with van der Waals surface area (Å²) in [5.74, 6) is 3.57. The van der Waals surface area contributed by atoms with Crippen molar-refractivity contribution >= 4 is 0 Å². The lowest BCUT2D eigenvalue weighted by atomic mass is 9.90. The van der Waals surface area contributed by atoms with Crippen LogP contribution >= 0.6 is 0 Å². The van der Waals surface area contributed by atoms with Gasteiger partial charge in [-0.2, -0.15) is 0 Å². The van der Waals surface area contributed by atoms with E-state index in [0.29, 0.717) is 12.1 Å². The maximum atomic E-state index is 6.17. The zero-order chi connectivity index (χ0) is 26.6. The minimum absolute atomic E-state index is 0.312. The lowest BCUT2D eigenvalue weighted by molar-refractivity contribution is 0.412. The van der Waals surface area contributed by atoms with Crippen molar-refractivity contribution in [1.82, 2.24) is 10.6 Å². The number of hydrogen-bond donors (Lipinski definition) is 2. The summed E-state index contributed by atoms with van der Waals surface area (Å²) in [6, 6.07) is 30.4. The number of ether oxygens (including phenoxy) is 3. The summed E-state index contributed by atoms with van der Waals surface area (Å²) in [7, 11) is 3.45. The Labute approximate surface area is 231 Å². The minimum Gasteiger partial charge on any atom is -0.497 e. The highest BCUT2D eigenvalue weighted by molar-refractivity contribution is 5.42. The molecular formula is C34H36N2O3. The number of hydrogen-bond acceptors (Lipinski definition) is 5. The Morgan fingerprint density at radius 1 is 0.564 bits per heavy atom. The van der Waals surface area contributed by atoms with Gasteiger partial charge in [0, 0.05) is 12.1 Å². The minimum atomic E-state index is 0.312. The van der Waals surface area contributed by atoms with E-state index in [9.17, 15) is 0 Å². The monoisotopic (exact) mass is 520 g/mol. The van der Waals surface area contributed by atoms with Crippen LogP contribution < -0.4 is 24.8 Å². The van der Waals surface area contributed by atoms with Crippen LogP contribution in [0.1, 0.15) is 45.5 Å². The highest BCUT2D eigenvalue weighted by Gasteiger charge is 2.21. The summed E-state index contributed by atoms with van der Waals surface area (Å²) in [6.07, 6.45) is 3.96. The standard InChI is InChI=1S/C34H36N2O3/c1-37-29-11-13-31-25(21-29)15-17-35-33(31)19-23-3-7-27(8-4-23)39-28-9-5-24(6-10-28)20-34-32-14-12-30(38-2)22-26(32)16-18-36-34/h3-14,21-22,33-36H,15-20H2,1-2H3. The summed E-state index contributed by atoms with van der Waals surface area (Å²) in [5.41, 5.74) is 8.08. The predicted octanol–water partition coefficient (Wildman–Crippen LogP) is 6.36. The van der Waals surface area contributed by atoms with Gasteiger partial charge >= 0.3 is 0 Å². The van der Waals surface area contributed by atoms with Gasteiger partial charge in [-0.3, -0.25) is 0 Å². The molecule has 2 unspecified atom stereocenters. The van der Waals surface area contributed by atoms with Gasteiger partial charge < -0.3 is 24.8 Å². The lowest BCUT2D eigenvalue weighted by Gasteiger charge is -2.27. The highest BCUT2D eigenvalue weighted by Crippen LogP contribution is 2.32. The van der Waals surface area contributed by atoms with Crippen molar-refractivity contribution in [2.24, 2.45) is 0 Å². The average Bonchev–Trinajstić information content (AvgIpc) is 2.99. The van der Waals surface area contributed by atoms with E-state index in [4.69, 9.17) is 14.2 Å². The molecule has 0 bridgehead atoms. The SMILES string of the molecule is COc1ccc2c(c1)CCNC2Cc1ccc(Oc2ccc(CC3NCCc4cc(OC)ccc43)cc2)cc1. The molecular weight excluding hydrogens is 484 g/mol. The number of nitrogens with one attached hydrogen (secondary N) is 2. The molecule has 200 valence electrons. The van der Waals surface area contributed by atoms with Gasteiger partial charge in [-0.25, -0.2) is 0 Å². The van der Waals surface area contributed by atoms with Gasteiger partial charge in [-0.05, 0) is 121 Å². The predicted molar refractivity (Wildman–Crippen MR) is 155 cm³/mol. The molecule has 0 aliphatic carbocycles. The Balaban J connectivity index is 1.07. The summed E-state index contributed by atoms with van der Waals surface area (Å²) >= 11 is 0. The van der Waals surface area contributed by atoms with Crippen molar-refractivity contribution < 1.29 is 14.2 Å². The second-order valence-corrected chi connectivity index (χ2v) is 10.4. The third-order valence-corrected chi connectivity index (χ3v) is 7.98. The first kappa shape index (κ1) is 25.5. The molecule has 2 N–H and O–H groups in total. The Morgan fingerprint density at radius 2 is 0.974 bits per heavy atom. The molecule has 2 aliphatic heterocycles. The highest BCUT2D eigenvalue weighted by atomic mass is 16.5. The Bertz CT molecular complexity index is 1310. The first-order valence-electron chi connectivity index (χ1n) is 13.8. The van der Waals surface area contributed by atoms with E-state index < -0.39 is 0 Å². The molecule has 0 radical (unpaired) electrons. The molecule has 4 aromatic rings. The normalized spacial score (nSPS) is 18.1. The van der Waals surface area contributed by atoms with Crippen LogP contribution in [0.15, 0.2) is 84.9 Å². The van der Waals surface area contributed by atoms with Gasteiger partial charge in [0.1, 0.15) is 23.0 Å². The van der Waals surface area contributed by atoms with Crippen molar-refractivity contribution in [2.45, 2.75) is 37.8 Å². The summed E-state index contributed by atoms with van der Waals surface area (Å²) in [6.45, 7) is 1.97. The quantitative estimate of drug-likeness (QED) is 0.283. The van der Waals surface area contributed by atoms with Gasteiger partial charge in [0.05, 0.1) is 14.2 Å². The lowest BCUT2D eigenvalue weighted by Crippen LogP contribution is -2.31.